The Morgan fingerprint density at radius 2 is 1.67 bits per heavy atom. The number of carboxylic acids is 1. The molecule has 0 radical (unpaired) electrons. The largest absolute Gasteiger partial charge is 0.478 e. The molecule has 1 unspecified atom stereocenters. The first kappa shape index (κ1) is 31.1. The molecule has 0 bridgehead atoms. The van der Waals surface area contributed by atoms with Gasteiger partial charge in [0.15, 0.2) is 0 Å². The highest BCUT2D eigenvalue weighted by molar-refractivity contribution is 6.35. The Morgan fingerprint density at radius 3 is 2.24 bits per heavy atom. The van der Waals surface area contributed by atoms with Gasteiger partial charge in [-0.15, -0.1) is 0 Å². The van der Waals surface area contributed by atoms with Crippen molar-refractivity contribution in [3.8, 4) is 11.3 Å². The van der Waals surface area contributed by atoms with Crippen LogP contribution in [0.5, 0.6) is 0 Å². The summed E-state index contributed by atoms with van der Waals surface area (Å²) in [5.74, 6) is -1.52. The van der Waals surface area contributed by atoms with Crippen molar-refractivity contribution in [2.75, 3.05) is 0 Å². The Hall–Kier alpha value is -3.86. The molecular weight excluding hydrogens is 594 g/mol. The zero-order chi connectivity index (χ0) is 30.8. The Morgan fingerprint density at radius 1 is 1.02 bits per heavy atom. The molecule has 0 aliphatic carbocycles. The van der Waals surface area contributed by atoms with E-state index in [1.165, 1.54) is 30.3 Å². The summed E-state index contributed by atoms with van der Waals surface area (Å²) in [6, 6.07) is 15.6. The quantitative estimate of drug-likeness (QED) is 0.179. The molecule has 1 aromatic heterocycles. The van der Waals surface area contributed by atoms with Crippen molar-refractivity contribution < 1.29 is 32.6 Å². The van der Waals surface area contributed by atoms with Gasteiger partial charge in [0.25, 0.3) is 5.91 Å². The highest BCUT2D eigenvalue weighted by Gasteiger charge is 2.36. The van der Waals surface area contributed by atoms with Crippen LogP contribution in [0.1, 0.15) is 58.3 Å². The lowest BCUT2D eigenvalue weighted by molar-refractivity contribution is -0.148. The number of aromatic amines is 1. The van der Waals surface area contributed by atoms with E-state index in [2.05, 4.69) is 15.5 Å². The van der Waals surface area contributed by atoms with Crippen molar-refractivity contribution in [2.24, 2.45) is 0 Å². The van der Waals surface area contributed by atoms with Crippen LogP contribution < -0.4 is 5.32 Å². The molecular formula is C30H26Cl2F3N3O4. The number of carboxylic acid groups (broad SMARTS) is 1. The van der Waals surface area contributed by atoms with Crippen LogP contribution in [0, 0.1) is 6.92 Å². The van der Waals surface area contributed by atoms with E-state index < -0.39 is 35.3 Å². The van der Waals surface area contributed by atoms with Crippen LogP contribution in [0.2, 0.25) is 10.0 Å². The molecule has 4 rings (SSSR count). The fourth-order valence-electron chi connectivity index (χ4n) is 4.26. The smallest absolute Gasteiger partial charge is 0.416 e. The number of ether oxygens (including phenoxy) is 1. The molecule has 3 N–H and O–H groups in total. The fourth-order valence-corrected chi connectivity index (χ4v) is 4.77. The molecule has 0 saturated carbocycles. The molecule has 220 valence electrons. The molecule has 0 fully saturated rings. The van der Waals surface area contributed by atoms with Crippen LogP contribution in [-0.4, -0.2) is 32.8 Å². The second kappa shape index (κ2) is 12.2. The van der Waals surface area contributed by atoms with Gasteiger partial charge in [-0.3, -0.25) is 9.89 Å². The number of hydrogen-bond acceptors (Lipinski definition) is 4. The van der Waals surface area contributed by atoms with Gasteiger partial charge in [-0.25, -0.2) is 4.79 Å². The minimum Gasteiger partial charge on any atom is -0.478 e. The van der Waals surface area contributed by atoms with E-state index in [0.29, 0.717) is 38.7 Å². The van der Waals surface area contributed by atoms with Crippen LogP contribution in [0.15, 0.2) is 66.7 Å². The van der Waals surface area contributed by atoms with E-state index in [0.717, 1.165) is 12.1 Å². The van der Waals surface area contributed by atoms with Crippen molar-refractivity contribution in [3.05, 3.63) is 110 Å². The first-order chi connectivity index (χ1) is 19.7. The minimum absolute atomic E-state index is 0.122. The van der Waals surface area contributed by atoms with Gasteiger partial charge in [-0.05, 0) is 68.3 Å². The van der Waals surface area contributed by atoms with Crippen LogP contribution in [0.25, 0.3) is 11.3 Å². The van der Waals surface area contributed by atoms with Gasteiger partial charge in [0.1, 0.15) is 11.7 Å². The Labute approximate surface area is 249 Å². The Balaban J connectivity index is 1.63. The molecule has 1 heterocycles. The summed E-state index contributed by atoms with van der Waals surface area (Å²) in [7, 11) is 0. The van der Waals surface area contributed by atoms with E-state index in [-0.39, 0.29) is 17.1 Å². The number of aromatic carboxylic acids is 1. The maximum atomic E-state index is 13.3. The molecule has 0 aliphatic rings. The van der Waals surface area contributed by atoms with Crippen molar-refractivity contribution in [1.29, 1.82) is 0 Å². The van der Waals surface area contributed by atoms with Crippen LogP contribution in [0.3, 0.4) is 0 Å². The summed E-state index contributed by atoms with van der Waals surface area (Å²) in [6.07, 6.45) is -5.43. The highest BCUT2D eigenvalue weighted by Crippen LogP contribution is 2.39. The number of rotatable bonds is 9. The van der Waals surface area contributed by atoms with Gasteiger partial charge in [0.05, 0.1) is 22.5 Å². The number of alkyl halides is 3. The monoisotopic (exact) mass is 619 g/mol. The maximum absolute atomic E-state index is 13.3. The fraction of sp³-hybridized carbons (Fsp3) is 0.233. The second-order valence-corrected chi connectivity index (χ2v) is 10.9. The van der Waals surface area contributed by atoms with E-state index in [1.807, 2.05) is 0 Å². The molecule has 12 heteroatoms. The lowest BCUT2D eigenvalue weighted by Gasteiger charge is -2.30. The minimum atomic E-state index is -4.47. The predicted octanol–water partition coefficient (Wildman–Crippen LogP) is 7.61. The summed E-state index contributed by atoms with van der Waals surface area (Å²) in [4.78, 5) is 24.4. The Bertz CT molecular complexity index is 1600. The SMILES string of the molecule is Cc1c(C(OC(C)(C)C(=O)NCc2ccc(C(=O)O)cc2)c2ccc(Cl)cc2Cl)n[nH]c1-c1ccc(C(F)(F)F)cc1. The summed E-state index contributed by atoms with van der Waals surface area (Å²) in [5, 5.41) is 19.8. The number of amides is 1. The van der Waals surface area contributed by atoms with Crippen molar-refractivity contribution in [3.63, 3.8) is 0 Å². The summed E-state index contributed by atoms with van der Waals surface area (Å²) >= 11 is 12.7. The summed E-state index contributed by atoms with van der Waals surface area (Å²) in [5.41, 5.74) is 1.000. The molecule has 1 amide bonds. The average molecular weight is 620 g/mol. The van der Waals surface area contributed by atoms with Gasteiger partial charge < -0.3 is 15.2 Å². The molecule has 1 atom stereocenters. The first-order valence-electron chi connectivity index (χ1n) is 12.6. The van der Waals surface area contributed by atoms with Crippen molar-refractivity contribution in [2.45, 2.75) is 45.2 Å². The Kier molecular flexibility index (Phi) is 9.01. The number of halogens is 5. The van der Waals surface area contributed by atoms with E-state index in [4.69, 9.17) is 33.0 Å². The third-order valence-corrected chi connectivity index (χ3v) is 7.22. The molecule has 4 aromatic rings. The maximum Gasteiger partial charge on any atom is 0.416 e. The molecule has 42 heavy (non-hydrogen) atoms. The van der Waals surface area contributed by atoms with E-state index >= 15 is 0 Å². The number of carbonyl (C=O) groups excluding carboxylic acids is 1. The standard InChI is InChI=1S/C30H26Cl2F3N3O4/c1-16-24(18-8-10-20(11-9-18)30(33,34)35)37-38-25(16)26(22-13-12-21(31)14-23(22)32)42-29(2,3)28(41)36-15-17-4-6-19(7-5-17)27(39)40/h4-14,26H,15H2,1-3H3,(H,36,41)(H,37,38)(H,39,40). The topological polar surface area (TPSA) is 104 Å². The molecule has 7 nitrogen and oxygen atoms in total. The van der Waals surface area contributed by atoms with Gasteiger partial charge in [0, 0.05) is 27.7 Å². The number of aromatic nitrogens is 2. The molecule has 3 aromatic carbocycles. The number of hydrogen-bond donors (Lipinski definition) is 3. The van der Waals surface area contributed by atoms with Crippen molar-refractivity contribution >= 4 is 35.1 Å². The summed E-state index contributed by atoms with van der Waals surface area (Å²) < 4.78 is 45.6. The van der Waals surface area contributed by atoms with Crippen LogP contribution in [0.4, 0.5) is 13.2 Å². The number of nitrogens with one attached hydrogen (secondary N) is 2. The zero-order valence-electron chi connectivity index (χ0n) is 22.6. The van der Waals surface area contributed by atoms with Gasteiger partial charge in [0.2, 0.25) is 0 Å². The number of benzene rings is 3. The molecule has 0 aliphatic heterocycles. The predicted molar refractivity (Wildman–Crippen MR) is 152 cm³/mol. The van der Waals surface area contributed by atoms with Gasteiger partial charge in [-0.2, -0.15) is 18.3 Å². The third-order valence-electron chi connectivity index (χ3n) is 6.65. The highest BCUT2D eigenvalue weighted by atomic mass is 35.5. The number of carbonyl (C=O) groups is 2. The molecule has 0 saturated heterocycles. The summed E-state index contributed by atoms with van der Waals surface area (Å²) in [6.45, 7) is 5.01. The van der Waals surface area contributed by atoms with E-state index in [1.54, 1.807) is 45.0 Å². The van der Waals surface area contributed by atoms with Gasteiger partial charge >= 0.3 is 12.1 Å². The zero-order valence-corrected chi connectivity index (χ0v) is 24.2. The normalized spacial score (nSPS) is 12.7. The van der Waals surface area contributed by atoms with Gasteiger partial charge in [-0.1, -0.05) is 53.5 Å². The number of nitrogens with zero attached hydrogens (tertiary/aromatic N) is 1. The van der Waals surface area contributed by atoms with Crippen molar-refractivity contribution in [1.82, 2.24) is 15.5 Å². The van der Waals surface area contributed by atoms with E-state index in [9.17, 15) is 22.8 Å². The van der Waals surface area contributed by atoms with Crippen LogP contribution >= 0.6 is 23.2 Å². The molecule has 0 spiro atoms. The van der Waals surface area contributed by atoms with Crippen LogP contribution in [-0.2, 0) is 22.3 Å². The third kappa shape index (κ3) is 6.95. The first-order valence-corrected chi connectivity index (χ1v) is 13.4. The lowest BCUT2D eigenvalue weighted by atomic mass is 9.98. The average Bonchev–Trinajstić information content (AvgIpc) is 3.31. The number of H-pyrrole nitrogens is 1. The lowest BCUT2D eigenvalue weighted by Crippen LogP contribution is -2.45. The second-order valence-electron chi connectivity index (χ2n) is 10.0.